The molecule has 0 N–H and O–H groups in total. The minimum absolute atomic E-state index is 1.16. The van der Waals surface area contributed by atoms with Gasteiger partial charge in [0.05, 0.1) is 0 Å². The number of rotatable bonds is 15. The standard InChI is InChI=1S/C41H46/c1-2-3-4-5-6-7-8-9-10-11-12-13-14-20-31-21-15-16-25-34(31)37-30-29-33-24-18-27-36-35-26-17-22-32-23-19-28-38(39(32)35)41(37)40(33)36/h15-19,21-30H,2-14,20H2,1H3. The van der Waals surface area contributed by atoms with Crippen molar-refractivity contribution >= 4 is 43.1 Å². The largest absolute Gasteiger partial charge is 0.0654 e. The monoisotopic (exact) mass is 538 g/mol. The van der Waals surface area contributed by atoms with Crippen molar-refractivity contribution in [2.45, 2.75) is 96.8 Å². The smallest absolute Gasteiger partial charge is 0.00140 e. The van der Waals surface area contributed by atoms with Crippen molar-refractivity contribution in [1.82, 2.24) is 0 Å². The highest BCUT2D eigenvalue weighted by atomic mass is 14.2. The van der Waals surface area contributed by atoms with Crippen LogP contribution in [0.1, 0.15) is 96.0 Å². The fourth-order valence-corrected chi connectivity index (χ4v) is 7.22. The van der Waals surface area contributed by atoms with Crippen LogP contribution in [0.3, 0.4) is 0 Å². The summed E-state index contributed by atoms with van der Waals surface area (Å²) in [4.78, 5) is 0. The molecular formula is C41H46. The minimum atomic E-state index is 1.16. The SMILES string of the molecule is CCCCCCCCCCCCCCCc1ccccc1-c1ccc2cccc3c4cccc5cccc(c1c23)c54. The van der Waals surface area contributed by atoms with Crippen LogP contribution in [0.25, 0.3) is 54.2 Å². The van der Waals surface area contributed by atoms with Crippen molar-refractivity contribution in [1.29, 1.82) is 0 Å². The zero-order valence-corrected chi connectivity index (χ0v) is 25.1. The zero-order chi connectivity index (χ0) is 27.9. The molecule has 6 aromatic carbocycles. The first-order chi connectivity index (χ1) is 20.4. The molecule has 0 aromatic heterocycles. The van der Waals surface area contributed by atoms with E-state index in [2.05, 4.69) is 97.9 Å². The van der Waals surface area contributed by atoms with Crippen LogP contribution in [0.4, 0.5) is 0 Å². The van der Waals surface area contributed by atoms with Crippen molar-refractivity contribution in [2.24, 2.45) is 0 Å². The van der Waals surface area contributed by atoms with E-state index in [1.165, 1.54) is 143 Å². The summed E-state index contributed by atoms with van der Waals surface area (Å²) in [6.07, 6.45) is 19.4. The van der Waals surface area contributed by atoms with Gasteiger partial charge in [-0.05, 0) is 72.6 Å². The van der Waals surface area contributed by atoms with Crippen LogP contribution in [0.2, 0.25) is 0 Å². The van der Waals surface area contributed by atoms with Gasteiger partial charge in [-0.2, -0.15) is 0 Å². The zero-order valence-electron chi connectivity index (χ0n) is 25.1. The van der Waals surface area contributed by atoms with Gasteiger partial charge in [0.15, 0.2) is 0 Å². The number of hydrogen-bond donors (Lipinski definition) is 0. The van der Waals surface area contributed by atoms with Crippen LogP contribution in [0.15, 0.2) is 91.0 Å². The number of hydrogen-bond acceptors (Lipinski definition) is 0. The molecule has 0 heterocycles. The molecule has 0 unspecified atom stereocenters. The normalized spacial score (nSPS) is 11.9. The lowest BCUT2D eigenvalue weighted by molar-refractivity contribution is 0.539. The van der Waals surface area contributed by atoms with Gasteiger partial charge in [-0.1, -0.05) is 175 Å². The third kappa shape index (κ3) is 5.99. The van der Waals surface area contributed by atoms with Gasteiger partial charge >= 0.3 is 0 Å². The predicted molar refractivity (Wildman–Crippen MR) is 182 cm³/mol. The van der Waals surface area contributed by atoms with Gasteiger partial charge in [-0.3, -0.25) is 0 Å². The first-order valence-electron chi connectivity index (χ1n) is 16.5. The third-order valence-electron chi connectivity index (χ3n) is 9.37. The van der Waals surface area contributed by atoms with Crippen LogP contribution in [-0.4, -0.2) is 0 Å². The Morgan fingerprint density at radius 3 is 1.56 bits per heavy atom. The molecule has 0 heteroatoms. The van der Waals surface area contributed by atoms with Gasteiger partial charge in [-0.15, -0.1) is 0 Å². The quantitative estimate of drug-likeness (QED) is 0.0693. The first kappa shape index (κ1) is 27.8. The third-order valence-corrected chi connectivity index (χ3v) is 9.37. The molecule has 41 heavy (non-hydrogen) atoms. The highest BCUT2D eigenvalue weighted by Crippen LogP contribution is 2.44. The van der Waals surface area contributed by atoms with Gasteiger partial charge in [-0.25, -0.2) is 0 Å². The Hall–Kier alpha value is -3.38. The molecule has 0 amide bonds. The molecule has 0 bridgehead atoms. The predicted octanol–water partition coefficient (Wildman–Crippen LogP) is 13.0. The molecule has 0 fully saturated rings. The lowest BCUT2D eigenvalue weighted by Gasteiger charge is -2.19. The maximum absolute atomic E-state index is 2.39. The summed E-state index contributed by atoms with van der Waals surface area (Å²) in [5.41, 5.74) is 4.29. The highest BCUT2D eigenvalue weighted by Gasteiger charge is 2.17. The minimum Gasteiger partial charge on any atom is -0.0654 e. The number of aryl methyl sites for hydroxylation is 1. The second-order valence-corrected chi connectivity index (χ2v) is 12.3. The Labute approximate surface area is 247 Å². The van der Waals surface area contributed by atoms with Crippen molar-refractivity contribution in [3.63, 3.8) is 0 Å². The van der Waals surface area contributed by atoms with E-state index < -0.39 is 0 Å². The average molecular weight is 539 g/mol. The number of unbranched alkanes of at least 4 members (excludes halogenated alkanes) is 12. The van der Waals surface area contributed by atoms with Crippen molar-refractivity contribution in [2.75, 3.05) is 0 Å². The van der Waals surface area contributed by atoms with Crippen LogP contribution < -0.4 is 0 Å². The van der Waals surface area contributed by atoms with E-state index in [4.69, 9.17) is 0 Å². The van der Waals surface area contributed by atoms with E-state index in [1.807, 2.05) is 0 Å². The van der Waals surface area contributed by atoms with Gasteiger partial charge in [0.25, 0.3) is 0 Å². The van der Waals surface area contributed by atoms with Crippen molar-refractivity contribution in [3.8, 4) is 11.1 Å². The van der Waals surface area contributed by atoms with Crippen LogP contribution in [-0.2, 0) is 6.42 Å². The van der Waals surface area contributed by atoms with E-state index in [0.717, 1.165) is 6.42 Å². The molecule has 0 saturated heterocycles. The lowest BCUT2D eigenvalue weighted by Crippen LogP contribution is -1.94. The molecule has 6 rings (SSSR count). The van der Waals surface area contributed by atoms with Crippen LogP contribution >= 0.6 is 0 Å². The fourth-order valence-electron chi connectivity index (χ4n) is 7.22. The van der Waals surface area contributed by atoms with Gasteiger partial charge in [0.2, 0.25) is 0 Å². The molecule has 0 saturated carbocycles. The number of fused-ring (bicyclic) bond motifs is 2. The summed E-state index contributed by atoms with van der Waals surface area (Å²) in [5, 5.41) is 11.0. The molecule has 0 aliphatic heterocycles. The summed E-state index contributed by atoms with van der Waals surface area (Å²) >= 11 is 0. The summed E-state index contributed by atoms with van der Waals surface area (Å²) in [6.45, 7) is 2.30. The molecule has 0 radical (unpaired) electrons. The number of benzene rings is 6. The molecule has 6 aromatic rings. The second-order valence-electron chi connectivity index (χ2n) is 12.3. The van der Waals surface area contributed by atoms with Crippen LogP contribution in [0, 0.1) is 0 Å². The Morgan fingerprint density at radius 1 is 0.366 bits per heavy atom. The van der Waals surface area contributed by atoms with E-state index in [1.54, 1.807) is 0 Å². The average Bonchev–Trinajstić information content (AvgIpc) is 3.02. The van der Waals surface area contributed by atoms with E-state index >= 15 is 0 Å². The van der Waals surface area contributed by atoms with E-state index in [9.17, 15) is 0 Å². The second kappa shape index (κ2) is 13.5. The molecule has 0 atom stereocenters. The molecule has 0 spiro atoms. The Morgan fingerprint density at radius 2 is 0.902 bits per heavy atom. The summed E-state index contributed by atoms with van der Waals surface area (Å²) in [5.74, 6) is 0. The molecular weight excluding hydrogens is 492 g/mol. The van der Waals surface area contributed by atoms with Crippen molar-refractivity contribution < 1.29 is 0 Å². The lowest BCUT2D eigenvalue weighted by atomic mass is 9.85. The summed E-state index contributed by atoms with van der Waals surface area (Å²) in [7, 11) is 0. The highest BCUT2D eigenvalue weighted by molar-refractivity contribution is 6.35. The topological polar surface area (TPSA) is 0 Å². The summed E-state index contributed by atoms with van der Waals surface area (Å²) < 4.78 is 0. The molecule has 0 aliphatic rings. The fraction of sp³-hybridized carbons (Fsp3) is 0.366. The molecule has 0 nitrogen and oxygen atoms in total. The van der Waals surface area contributed by atoms with Crippen molar-refractivity contribution in [3.05, 3.63) is 96.6 Å². The maximum Gasteiger partial charge on any atom is -0.00140 e. The van der Waals surface area contributed by atoms with E-state index in [-0.39, 0.29) is 0 Å². The molecule has 210 valence electrons. The van der Waals surface area contributed by atoms with Gasteiger partial charge in [0.1, 0.15) is 0 Å². The van der Waals surface area contributed by atoms with Crippen LogP contribution in [0.5, 0.6) is 0 Å². The maximum atomic E-state index is 2.39. The Bertz CT molecular complexity index is 1700. The summed E-state index contributed by atoms with van der Waals surface area (Å²) in [6, 6.07) is 34.3. The van der Waals surface area contributed by atoms with Gasteiger partial charge in [0, 0.05) is 0 Å². The van der Waals surface area contributed by atoms with Gasteiger partial charge < -0.3 is 0 Å². The Kier molecular flexibility index (Phi) is 9.16. The molecule has 0 aliphatic carbocycles. The Balaban J connectivity index is 1.17. The van der Waals surface area contributed by atoms with E-state index in [0.29, 0.717) is 0 Å². The first-order valence-corrected chi connectivity index (χ1v) is 16.5.